The van der Waals surface area contributed by atoms with E-state index in [0.717, 1.165) is 48.0 Å². The predicted molar refractivity (Wildman–Crippen MR) is 121 cm³/mol. The fourth-order valence-corrected chi connectivity index (χ4v) is 4.14. The minimum absolute atomic E-state index is 0.00793. The highest BCUT2D eigenvalue weighted by Crippen LogP contribution is 2.18. The van der Waals surface area contributed by atoms with Crippen molar-refractivity contribution >= 4 is 22.8 Å². The Hall–Kier alpha value is -3.42. The van der Waals surface area contributed by atoms with Crippen LogP contribution in [0.15, 0.2) is 48.5 Å². The fraction of sp³-hybridized carbons (Fsp3) is 0.417. The van der Waals surface area contributed by atoms with Crippen LogP contribution in [0, 0.1) is 0 Å². The van der Waals surface area contributed by atoms with Crippen molar-refractivity contribution in [2.24, 2.45) is 0 Å². The molecule has 4 rings (SSSR count). The summed E-state index contributed by atoms with van der Waals surface area (Å²) in [5.41, 5.74) is 2.45. The van der Waals surface area contributed by atoms with E-state index in [0.29, 0.717) is 6.54 Å². The summed E-state index contributed by atoms with van der Waals surface area (Å²) >= 11 is 0. The molecule has 1 N–H and O–H groups in total. The molecule has 0 radical (unpaired) electrons. The van der Waals surface area contributed by atoms with E-state index < -0.39 is 0 Å². The lowest BCUT2D eigenvalue weighted by Gasteiger charge is -2.26. The molecule has 1 aliphatic rings. The fourth-order valence-electron chi connectivity index (χ4n) is 4.14. The van der Waals surface area contributed by atoms with Crippen LogP contribution >= 0.6 is 0 Å². The monoisotopic (exact) mass is 435 g/mol. The quantitative estimate of drug-likeness (QED) is 0.588. The standard InChI is InChI=1S/C24H29N5O3/c1-32-20-13-11-18(12-14-20)15-28(16-23(30)25-19-7-3-2-4-8-19)24(31)17-29-22-10-6-5-9-21(22)26-27-29/h5-6,9-14,19H,2-4,7-8,15-17H2,1H3,(H,25,30). The molecule has 0 aliphatic heterocycles. The van der Waals surface area contributed by atoms with Crippen LogP contribution in [0.4, 0.5) is 0 Å². The largest absolute Gasteiger partial charge is 0.497 e. The highest BCUT2D eigenvalue weighted by atomic mass is 16.5. The van der Waals surface area contributed by atoms with E-state index in [4.69, 9.17) is 4.74 Å². The van der Waals surface area contributed by atoms with Gasteiger partial charge < -0.3 is 15.0 Å². The molecule has 32 heavy (non-hydrogen) atoms. The number of hydrogen-bond donors (Lipinski definition) is 1. The number of para-hydroxylation sites is 1. The molecule has 0 saturated heterocycles. The average Bonchev–Trinajstić information content (AvgIpc) is 3.22. The maximum atomic E-state index is 13.2. The summed E-state index contributed by atoms with van der Waals surface area (Å²) in [5.74, 6) is 0.438. The average molecular weight is 436 g/mol. The lowest BCUT2D eigenvalue weighted by molar-refractivity contribution is -0.137. The zero-order chi connectivity index (χ0) is 22.3. The molecule has 8 heteroatoms. The third kappa shape index (κ3) is 5.43. The first-order valence-corrected chi connectivity index (χ1v) is 11.1. The Kier molecular flexibility index (Phi) is 6.99. The molecule has 0 atom stereocenters. The molecule has 168 valence electrons. The van der Waals surface area contributed by atoms with Crippen molar-refractivity contribution in [3.8, 4) is 5.75 Å². The summed E-state index contributed by atoms with van der Waals surface area (Å²) in [6.45, 7) is 0.356. The van der Waals surface area contributed by atoms with Crippen molar-refractivity contribution in [1.29, 1.82) is 0 Å². The van der Waals surface area contributed by atoms with Gasteiger partial charge in [-0.15, -0.1) is 5.10 Å². The van der Waals surface area contributed by atoms with Crippen molar-refractivity contribution in [2.75, 3.05) is 13.7 Å². The Morgan fingerprint density at radius 1 is 1.09 bits per heavy atom. The Bertz CT molecular complexity index is 1060. The van der Waals surface area contributed by atoms with Crippen molar-refractivity contribution in [1.82, 2.24) is 25.2 Å². The zero-order valence-corrected chi connectivity index (χ0v) is 18.4. The number of nitrogens with one attached hydrogen (secondary N) is 1. The lowest BCUT2D eigenvalue weighted by Crippen LogP contribution is -2.45. The van der Waals surface area contributed by atoms with Crippen LogP contribution in [0.25, 0.3) is 11.0 Å². The Labute approximate surface area is 187 Å². The van der Waals surface area contributed by atoms with Crippen molar-refractivity contribution in [3.63, 3.8) is 0 Å². The number of ether oxygens (including phenoxy) is 1. The van der Waals surface area contributed by atoms with Gasteiger partial charge in [-0.1, -0.05) is 48.7 Å². The maximum absolute atomic E-state index is 13.2. The molecule has 1 saturated carbocycles. The zero-order valence-electron chi connectivity index (χ0n) is 18.4. The van der Waals surface area contributed by atoms with E-state index in [1.54, 1.807) is 16.7 Å². The SMILES string of the molecule is COc1ccc(CN(CC(=O)NC2CCCCC2)C(=O)Cn2nnc3ccccc32)cc1. The van der Waals surface area contributed by atoms with Gasteiger partial charge in [0, 0.05) is 12.6 Å². The smallest absolute Gasteiger partial charge is 0.245 e. The molecule has 2 amide bonds. The molecule has 0 spiro atoms. The van der Waals surface area contributed by atoms with Crippen LogP contribution in [-0.2, 0) is 22.7 Å². The first kappa shape index (κ1) is 21.8. The van der Waals surface area contributed by atoms with Gasteiger partial charge in [0.15, 0.2) is 0 Å². The van der Waals surface area contributed by atoms with Crippen LogP contribution in [0.3, 0.4) is 0 Å². The summed E-state index contributed by atoms with van der Waals surface area (Å²) < 4.78 is 6.80. The lowest BCUT2D eigenvalue weighted by atomic mass is 9.95. The number of aromatic nitrogens is 3. The summed E-state index contributed by atoms with van der Waals surface area (Å²) in [4.78, 5) is 27.6. The summed E-state index contributed by atoms with van der Waals surface area (Å²) in [5, 5.41) is 11.4. The maximum Gasteiger partial charge on any atom is 0.245 e. The van der Waals surface area contributed by atoms with Crippen LogP contribution in [0.1, 0.15) is 37.7 Å². The highest BCUT2D eigenvalue weighted by Gasteiger charge is 2.22. The number of benzene rings is 2. The Morgan fingerprint density at radius 3 is 2.59 bits per heavy atom. The molecule has 1 fully saturated rings. The number of rotatable bonds is 8. The number of methoxy groups -OCH3 is 1. The minimum atomic E-state index is -0.185. The van der Waals surface area contributed by atoms with E-state index in [9.17, 15) is 9.59 Å². The molecular weight excluding hydrogens is 406 g/mol. The number of nitrogens with zero attached hydrogens (tertiary/aromatic N) is 4. The van der Waals surface area contributed by atoms with E-state index in [1.807, 2.05) is 48.5 Å². The Balaban J connectivity index is 1.48. The number of amides is 2. The van der Waals surface area contributed by atoms with E-state index in [1.165, 1.54) is 6.42 Å². The van der Waals surface area contributed by atoms with Gasteiger partial charge in [-0.05, 0) is 42.7 Å². The summed E-state index contributed by atoms with van der Waals surface area (Å²) in [6, 6.07) is 15.2. The second-order valence-corrected chi connectivity index (χ2v) is 8.24. The second-order valence-electron chi connectivity index (χ2n) is 8.24. The summed E-state index contributed by atoms with van der Waals surface area (Å²) in [7, 11) is 1.61. The van der Waals surface area contributed by atoms with E-state index in [-0.39, 0.29) is 30.9 Å². The van der Waals surface area contributed by atoms with Crippen LogP contribution in [-0.4, -0.2) is 51.4 Å². The molecule has 2 aromatic carbocycles. The van der Waals surface area contributed by atoms with E-state index >= 15 is 0 Å². The molecular formula is C24H29N5O3. The van der Waals surface area contributed by atoms with Gasteiger partial charge in [-0.3, -0.25) is 9.59 Å². The van der Waals surface area contributed by atoms with Gasteiger partial charge in [0.05, 0.1) is 19.2 Å². The first-order chi connectivity index (χ1) is 15.6. The van der Waals surface area contributed by atoms with Crippen LogP contribution < -0.4 is 10.1 Å². The highest BCUT2D eigenvalue weighted by molar-refractivity contribution is 5.85. The number of carbonyl (C=O) groups excluding carboxylic acids is 2. The molecule has 8 nitrogen and oxygen atoms in total. The first-order valence-electron chi connectivity index (χ1n) is 11.1. The van der Waals surface area contributed by atoms with Gasteiger partial charge >= 0.3 is 0 Å². The van der Waals surface area contributed by atoms with Crippen LogP contribution in [0.2, 0.25) is 0 Å². The van der Waals surface area contributed by atoms with Gasteiger partial charge in [0.2, 0.25) is 11.8 Å². The third-order valence-electron chi connectivity index (χ3n) is 5.90. The molecule has 0 unspecified atom stereocenters. The van der Waals surface area contributed by atoms with Gasteiger partial charge in [-0.25, -0.2) is 4.68 Å². The summed E-state index contributed by atoms with van der Waals surface area (Å²) in [6.07, 6.45) is 5.50. The number of hydrogen-bond acceptors (Lipinski definition) is 5. The van der Waals surface area contributed by atoms with Gasteiger partial charge in [-0.2, -0.15) is 0 Å². The van der Waals surface area contributed by atoms with Crippen molar-refractivity contribution in [2.45, 2.75) is 51.2 Å². The molecule has 1 heterocycles. The second kappa shape index (κ2) is 10.3. The van der Waals surface area contributed by atoms with Crippen molar-refractivity contribution in [3.05, 3.63) is 54.1 Å². The van der Waals surface area contributed by atoms with Crippen molar-refractivity contribution < 1.29 is 14.3 Å². The predicted octanol–water partition coefficient (Wildman–Crippen LogP) is 2.92. The van der Waals surface area contributed by atoms with Gasteiger partial charge in [0.25, 0.3) is 0 Å². The topological polar surface area (TPSA) is 89.4 Å². The minimum Gasteiger partial charge on any atom is -0.497 e. The molecule has 1 aromatic heterocycles. The van der Waals surface area contributed by atoms with Gasteiger partial charge in [0.1, 0.15) is 17.8 Å². The Morgan fingerprint density at radius 2 is 1.84 bits per heavy atom. The molecule has 3 aromatic rings. The normalized spacial score (nSPS) is 14.3. The molecule has 1 aliphatic carbocycles. The number of carbonyl (C=O) groups is 2. The number of fused-ring (bicyclic) bond motifs is 1. The van der Waals surface area contributed by atoms with Crippen LogP contribution in [0.5, 0.6) is 5.75 Å². The van der Waals surface area contributed by atoms with E-state index in [2.05, 4.69) is 15.6 Å². The third-order valence-corrected chi connectivity index (χ3v) is 5.90. The molecule has 0 bridgehead atoms.